The first kappa shape index (κ1) is 14.9. The summed E-state index contributed by atoms with van der Waals surface area (Å²) in [5.41, 5.74) is 0. The Labute approximate surface area is 96.7 Å². The van der Waals surface area contributed by atoms with Crippen molar-refractivity contribution in [2.75, 3.05) is 32.9 Å². The number of carbonyl (C=O) groups is 2. The lowest BCUT2D eigenvalue weighted by Gasteiger charge is -2.26. The predicted octanol–water partition coefficient (Wildman–Crippen LogP) is 0.825. The average molecular weight is 231 g/mol. The van der Waals surface area contributed by atoms with E-state index in [1.165, 1.54) is 0 Å². The summed E-state index contributed by atoms with van der Waals surface area (Å²) in [4.78, 5) is 23.8. The molecule has 1 fully saturated rings. The molecule has 0 N–H and O–H groups in total. The molecule has 0 aliphatic carbocycles. The Morgan fingerprint density at radius 2 is 1.81 bits per heavy atom. The van der Waals surface area contributed by atoms with E-state index in [1.807, 2.05) is 13.8 Å². The summed E-state index contributed by atoms with van der Waals surface area (Å²) in [5, 5.41) is 0. The first-order chi connectivity index (χ1) is 7.74. The Balaban J connectivity index is 0.00000106. The van der Waals surface area contributed by atoms with Crippen molar-refractivity contribution in [2.45, 2.75) is 27.2 Å². The van der Waals surface area contributed by atoms with Crippen LogP contribution in [0.5, 0.6) is 0 Å². The van der Waals surface area contributed by atoms with Gasteiger partial charge in [0.1, 0.15) is 0 Å². The SMILES string of the molecule is CC.CCC(=O)OCC(=O)N1CCOCC1. The van der Waals surface area contributed by atoms with Crippen molar-refractivity contribution in [3.63, 3.8) is 0 Å². The first-order valence-electron chi connectivity index (χ1n) is 5.75. The van der Waals surface area contributed by atoms with Gasteiger partial charge in [-0.25, -0.2) is 0 Å². The van der Waals surface area contributed by atoms with Crippen molar-refractivity contribution in [1.82, 2.24) is 4.90 Å². The van der Waals surface area contributed by atoms with Gasteiger partial charge in [0.2, 0.25) is 0 Å². The van der Waals surface area contributed by atoms with E-state index in [4.69, 9.17) is 9.47 Å². The van der Waals surface area contributed by atoms with Crippen LogP contribution in [-0.4, -0.2) is 49.7 Å². The van der Waals surface area contributed by atoms with Crippen molar-refractivity contribution in [3.8, 4) is 0 Å². The minimum Gasteiger partial charge on any atom is -0.456 e. The highest BCUT2D eigenvalue weighted by molar-refractivity contribution is 5.80. The third-order valence-corrected chi connectivity index (χ3v) is 2.01. The van der Waals surface area contributed by atoms with E-state index >= 15 is 0 Å². The zero-order chi connectivity index (χ0) is 12.4. The maximum absolute atomic E-state index is 11.4. The zero-order valence-corrected chi connectivity index (χ0v) is 10.3. The highest BCUT2D eigenvalue weighted by Gasteiger charge is 2.17. The van der Waals surface area contributed by atoms with Crippen LogP contribution in [0.4, 0.5) is 0 Å². The second-order valence-corrected chi connectivity index (χ2v) is 3.01. The standard InChI is InChI=1S/C9H15NO4.C2H6/c1-2-9(12)14-7-8(11)10-3-5-13-6-4-10;1-2/h2-7H2,1H3;1-2H3. The molecule has 94 valence electrons. The molecule has 5 nitrogen and oxygen atoms in total. The monoisotopic (exact) mass is 231 g/mol. The van der Waals surface area contributed by atoms with Crippen molar-refractivity contribution >= 4 is 11.9 Å². The summed E-state index contributed by atoms with van der Waals surface area (Å²) < 4.78 is 9.83. The van der Waals surface area contributed by atoms with Gasteiger partial charge in [-0.15, -0.1) is 0 Å². The number of nitrogens with zero attached hydrogens (tertiary/aromatic N) is 1. The van der Waals surface area contributed by atoms with E-state index < -0.39 is 0 Å². The van der Waals surface area contributed by atoms with Gasteiger partial charge in [0.05, 0.1) is 13.2 Å². The Hall–Kier alpha value is -1.10. The third-order valence-electron chi connectivity index (χ3n) is 2.01. The molecule has 0 aromatic carbocycles. The van der Waals surface area contributed by atoms with E-state index in [0.717, 1.165) is 0 Å². The number of morpholine rings is 1. The van der Waals surface area contributed by atoms with Crippen molar-refractivity contribution < 1.29 is 19.1 Å². The molecule has 1 amide bonds. The number of rotatable bonds is 3. The van der Waals surface area contributed by atoms with E-state index in [9.17, 15) is 9.59 Å². The summed E-state index contributed by atoms with van der Waals surface area (Å²) in [6.07, 6.45) is 0.302. The normalized spacial score (nSPS) is 14.8. The summed E-state index contributed by atoms with van der Waals surface area (Å²) in [6, 6.07) is 0. The van der Waals surface area contributed by atoms with Crippen LogP contribution >= 0.6 is 0 Å². The van der Waals surface area contributed by atoms with Crippen LogP contribution in [0.1, 0.15) is 27.2 Å². The molecular weight excluding hydrogens is 210 g/mol. The van der Waals surface area contributed by atoms with E-state index in [0.29, 0.717) is 32.7 Å². The van der Waals surface area contributed by atoms with Crippen LogP contribution in [-0.2, 0) is 19.1 Å². The predicted molar refractivity (Wildman–Crippen MR) is 60.0 cm³/mol. The van der Waals surface area contributed by atoms with Gasteiger partial charge in [0, 0.05) is 19.5 Å². The third kappa shape index (κ3) is 5.70. The fourth-order valence-electron chi connectivity index (χ4n) is 1.15. The van der Waals surface area contributed by atoms with Crippen LogP contribution in [0.2, 0.25) is 0 Å². The summed E-state index contributed by atoms with van der Waals surface area (Å²) in [6.45, 7) is 7.85. The molecule has 0 aromatic rings. The number of carbonyl (C=O) groups excluding carboxylic acids is 2. The molecule has 1 heterocycles. The maximum Gasteiger partial charge on any atom is 0.306 e. The molecule has 1 aliphatic heterocycles. The molecule has 5 heteroatoms. The van der Waals surface area contributed by atoms with Crippen molar-refractivity contribution in [3.05, 3.63) is 0 Å². The quantitative estimate of drug-likeness (QED) is 0.675. The Morgan fingerprint density at radius 3 is 2.31 bits per heavy atom. The Kier molecular flexibility index (Phi) is 8.52. The molecule has 0 atom stereocenters. The van der Waals surface area contributed by atoms with Gasteiger partial charge < -0.3 is 14.4 Å². The van der Waals surface area contributed by atoms with Gasteiger partial charge >= 0.3 is 5.97 Å². The van der Waals surface area contributed by atoms with Gasteiger partial charge in [-0.2, -0.15) is 0 Å². The Bertz CT molecular complexity index is 212. The van der Waals surface area contributed by atoms with Crippen LogP contribution in [0.3, 0.4) is 0 Å². The molecular formula is C11H21NO4. The highest BCUT2D eigenvalue weighted by Crippen LogP contribution is 1.98. The van der Waals surface area contributed by atoms with Crippen molar-refractivity contribution in [2.24, 2.45) is 0 Å². The van der Waals surface area contributed by atoms with Gasteiger partial charge in [0.15, 0.2) is 6.61 Å². The molecule has 0 bridgehead atoms. The molecule has 0 radical (unpaired) electrons. The van der Waals surface area contributed by atoms with Crippen molar-refractivity contribution in [1.29, 1.82) is 0 Å². The fraction of sp³-hybridized carbons (Fsp3) is 0.818. The number of hydrogen-bond acceptors (Lipinski definition) is 4. The van der Waals surface area contributed by atoms with Crippen LogP contribution in [0.15, 0.2) is 0 Å². The maximum atomic E-state index is 11.4. The lowest BCUT2D eigenvalue weighted by Crippen LogP contribution is -2.42. The van der Waals surface area contributed by atoms with Gasteiger partial charge in [-0.1, -0.05) is 20.8 Å². The number of hydrogen-bond donors (Lipinski definition) is 0. The number of amides is 1. The molecule has 1 rings (SSSR count). The van der Waals surface area contributed by atoms with E-state index in [2.05, 4.69) is 0 Å². The van der Waals surface area contributed by atoms with Crippen LogP contribution in [0, 0.1) is 0 Å². The smallest absolute Gasteiger partial charge is 0.306 e. The zero-order valence-electron chi connectivity index (χ0n) is 10.3. The van der Waals surface area contributed by atoms with Gasteiger partial charge in [-0.3, -0.25) is 9.59 Å². The largest absolute Gasteiger partial charge is 0.456 e. The average Bonchev–Trinajstić information content (AvgIpc) is 2.38. The number of esters is 1. The van der Waals surface area contributed by atoms with Crippen LogP contribution < -0.4 is 0 Å². The second-order valence-electron chi connectivity index (χ2n) is 3.01. The van der Waals surface area contributed by atoms with Gasteiger partial charge in [-0.05, 0) is 0 Å². The molecule has 1 saturated heterocycles. The molecule has 0 unspecified atom stereocenters. The summed E-state index contributed by atoms with van der Waals surface area (Å²) in [7, 11) is 0. The molecule has 0 saturated carbocycles. The summed E-state index contributed by atoms with van der Waals surface area (Å²) >= 11 is 0. The summed E-state index contributed by atoms with van der Waals surface area (Å²) in [5.74, 6) is -0.485. The Morgan fingerprint density at radius 1 is 1.25 bits per heavy atom. The first-order valence-corrected chi connectivity index (χ1v) is 5.75. The van der Waals surface area contributed by atoms with E-state index in [1.54, 1.807) is 11.8 Å². The minimum absolute atomic E-state index is 0.143. The molecule has 16 heavy (non-hydrogen) atoms. The lowest BCUT2D eigenvalue weighted by molar-refractivity contribution is -0.153. The topological polar surface area (TPSA) is 55.8 Å². The fourth-order valence-corrected chi connectivity index (χ4v) is 1.15. The lowest BCUT2D eigenvalue weighted by atomic mass is 10.4. The van der Waals surface area contributed by atoms with Crippen LogP contribution in [0.25, 0.3) is 0 Å². The molecule has 0 spiro atoms. The highest BCUT2D eigenvalue weighted by atomic mass is 16.5. The molecule has 1 aliphatic rings. The van der Waals surface area contributed by atoms with E-state index in [-0.39, 0.29) is 18.5 Å². The van der Waals surface area contributed by atoms with Gasteiger partial charge in [0.25, 0.3) is 5.91 Å². The minimum atomic E-state index is -0.341. The second kappa shape index (κ2) is 9.15. The number of ether oxygens (including phenoxy) is 2. The molecule has 0 aromatic heterocycles.